The number of aromatic nitrogens is 1. The van der Waals surface area contributed by atoms with Gasteiger partial charge >= 0.3 is 6.18 Å². The first-order chi connectivity index (χ1) is 15.8. The van der Waals surface area contributed by atoms with E-state index in [1.165, 1.54) is 0 Å². The highest BCUT2D eigenvalue weighted by Crippen LogP contribution is 2.36. The van der Waals surface area contributed by atoms with E-state index in [1.807, 2.05) is 12.1 Å². The van der Waals surface area contributed by atoms with Gasteiger partial charge in [0.05, 0.1) is 5.56 Å². The van der Waals surface area contributed by atoms with E-state index in [0.29, 0.717) is 47.8 Å². The number of pyridine rings is 1. The van der Waals surface area contributed by atoms with Crippen LogP contribution in [-0.2, 0) is 12.6 Å². The van der Waals surface area contributed by atoms with Crippen molar-refractivity contribution in [1.29, 1.82) is 0 Å². The van der Waals surface area contributed by atoms with Gasteiger partial charge in [-0.05, 0) is 61.7 Å². The van der Waals surface area contributed by atoms with Gasteiger partial charge in [-0.25, -0.2) is 9.37 Å². The molecule has 1 saturated carbocycles. The molecule has 33 heavy (non-hydrogen) atoms. The number of alkyl halides is 3. The lowest BCUT2D eigenvalue weighted by atomic mass is 9.98. The van der Waals surface area contributed by atoms with Gasteiger partial charge in [0.25, 0.3) is 5.91 Å². The third-order valence-corrected chi connectivity index (χ3v) is 5.61. The molecule has 170 valence electrons. The quantitative estimate of drug-likeness (QED) is 0.492. The van der Waals surface area contributed by atoms with Gasteiger partial charge in [0.15, 0.2) is 11.6 Å². The summed E-state index contributed by atoms with van der Waals surface area (Å²) in [5.41, 5.74) is -0.141. The number of hydrogen-bond acceptors (Lipinski definition) is 4. The van der Waals surface area contributed by atoms with E-state index in [-0.39, 0.29) is 17.4 Å². The molecule has 2 aliphatic rings. The first-order valence-corrected chi connectivity index (χ1v) is 10.5. The molecule has 1 amide bonds. The van der Waals surface area contributed by atoms with Crippen molar-refractivity contribution in [3.05, 3.63) is 77.1 Å². The highest BCUT2D eigenvalue weighted by atomic mass is 19.4. The van der Waals surface area contributed by atoms with E-state index >= 15 is 0 Å². The zero-order valence-corrected chi connectivity index (χ0v) is 17.3. The Kier molecular flexibility index (Phi) is 5.19. The second-order valence-electron chi connectivity index (χ2n) is 8.03. The fourth-order valence-electron chi connectivity index (χ4n) is 3.78. The molecule has 0 saturated heterocycles. The van der Waals surface area contributed by atoms with Crippen molar-refractivity contribution >= 4 is 17.5 Å². The fraction of sp³-hybridized carbons (Fsp3) is 0.250. The van der Waals surface area contributed by atoms with Crippen LogP contribution in [0.1, 0.15) is 34.3 Å². The molecule has 1 fully saturated rings. The van der Waals surface area contributed by atoms with E-state index in [0.717, 1.165) is 25.0 Å². The minimum atomic E-state index is -4.65. The normalized spacial score (nSPS) is 15.9. The first kappa shape index (κ1) is 21.2. The summed E-state index contributed by atoms with van der Waals surface area (Å²) in [5, 5.41) is 3.31. The van der Waals surface area contributed by atoms with Gasteiger partial charge in [-0.2, -0.15) is 13.2 Å². The van der Waals surface area contributed by atoms with Crippen LogP contribution < -0.4 is 15.0 Å². The first-order valence-electron chi connectivity index (χ1n) is 10.5. The predicted octanol–water partition coefficient (Wildman–Crippen LogP) is 5.81. The van der Waals surface area contributed by atoms with Gasteiger partial charge in [-0.1, -0.05) is 12.1 Å². The molecule has 1 N–H and O–H groups in total. The molecule has 0 atom stereocenters. The monoisotopic (exact) mass is 457 g/mol. The molecule has 0 unspecified atom stereocenters. The van der Waals surface area contributed by atoms with Crippen molar-refractivity contribution in [2.75, 3.05) is 16.8 Å². The lowest BCUT2D eigenvalue weighted by Crippen LogP contribution is -2.38. The SMILES string of the molecule is O=C1c2cccc(Oc3ccc(C(F)(F)F)cc3F)c2CCN1c1cccc(NC2CC2)n1. The summed E-state index contributed by atoms with van der Waals surface area (Å²) in [6.07, 6.45) is -2.03. The Labute approximate surface area is 187 Å². The smallest absolute Gasteiger partial charge is 0.416 e. The fourth-order valence-corrected chi connectivity index (χ4v) is 3.78. The number of anilines is 2. The second-order valence-corrected chi connectivity index (χ2v) is 8.03. The molecule has 0 bridgehead atoms. The summed E-state index contributed by atoms with van der Waals surface area (Å²) in [4.78, 5) is 19.3. The number of carbonyl (C=O) groups excluding carboxylic acids is 1. The number of halogens is 4. The number of amides is 1. The van der Waals surface area contributed by atoms with Gasteiger partial charge in [0.2, 0.25) is 0 Å². The summed E-state index contributed by atoms with van der Waals surface area (Å²) in [6, 6.07) is 12.8. The number of carbonyl (C=O) groups is 1. The van der Waals surface area contributed by atoms with Crippen LogP contribution in [0.2, 0.25) is 0 Å². The maximum atomic E-state index is 14.3. The molecule has 3 aromatic rings. The van der Waals surface area contributed by atoms with Crippen LogP contribution in [0, 0.1) is 5.82 Å². The van der Waals surface area contributed by atoms with E-state index in [2.05, 4.69) is 10.3 Å². The summed E-state index contributed by atoms with van der Waals surface area (Å²) < 4.78 is 58.3. The Hall–Kier alpha value is -3.62. The van der Waals surface area contributed by atoms with Crippen molar-refractivity contribution in [3.8, 4) is 11.5 Å². The molecular formula is C24H19F4N3O2. The molecule has 1 aliphatic carbocycles. The number of rotatable bonds is 5. The number of fused-ring (bicyclic) bond motifs is 1. The Morgan fingerprint density at radius 1 is 1.03 bits per heavy atom. The van der Waals surface area contributed by atoms with Crippen molar-refractivity contribution in [2.24, 2.45) is 0 Å². The van der Waals surface area contributed by atoms with Gasteiger partial charge in [0.1, 0.15) is 17.4 Å². The highest BCUT2D eigenvalue weighted by Gasteiger charge is 2.32. The van der Waals surface area contributed by atoms with Crippen molar-refractivity contribution in [3.63, 3.8) is 0 Å². The van der Waals surface area contributed by atoms with Crippen molar-refractivity contribution in [2.45, 2.75) is 31.5 Å². The zero-order valence-electron chi connectivity index (χ0n) is 17.3. The van der Waals surface area contributed by atoms with Gasteiger partial charge < -0.3 is 10.1 Å². The maximum absolute atomic E-state index is 14.3. The molecule has 1 aliphatic heterocycles. The minimum Gasteiger partial charge on any atom is -0.454 e. The average molecular weight is 457 g/mol. The van der Waals surface area contributed by atoms with E-state index < -0.39 is 17.6 Å². The molecule has 0 radical (unpaired) electrons. The van der Waals surface area contributed by atoms with Crippen LogP contribution >= 0.6 is 0 Å². The largest absolute Gasteiger partial charge is 0.454 e. The molecule has 2 aromatic carbocycles. The molecule has 1 aromatic heterocycles. The van der Waals surface area contributed by atoms with Crippen molar-refractivity contribution < 1.29 is 27.1 Å². The highest BCUT2D eigenvalue weighted by molar-refractivity contribution is 6.08. The van der Waals surface area contributed by atoms with Crippen LogP contribution in [0.5, 0.6) is 11.5 Å². The number of ether oxygens (including phenoxy) is 1. The number of hydrogen-bond donors (Lipinski definition) is 1. The Morgan fingerprint density at radius 2 is 1.82 bits per heavy atom. The van der Waals surface area contributed by atoms with E-state index in [1.54, 1.807) is 29.2 Å². The number of nitrogens with one attached hydrogen (secondary N) is 1. The lowest BCUT2D eigenvalue weighted by Gasteiger charge is -2.29. The Bertz CT molecular complexity index is 1220. The molecule has 2 heterocycles. The molecule has 9 heteroatoms. The lowest BCUT2D eigenvalue weighted by molar-refractivity contribution is -0.137. The number of nitrogens with zero attached hydrogens (tertiary/aromatic N) is 2. The summed E-state index contributed by atoms with van der Waals surface area (Å²) in [7, 11) is 0. The molecular weight excluding hydrogens is 438 g/mol. The topological polar surface area (TPSA) is 54.5 Å². The van der Waals surface area contributed by atoms with Crippen LogP contribution in [-0.4, -0.2) is 23.5 Å². The van der Waals surface area contributed by atoms with Crippen LogP contribution in [0.4, 0.5) is 29.2 Å². The van der Waals surface area contributed by atoms with Crippen LogP contribution in [0.25, 0.3) is 0 Å². The Balaban J connectivity index is 1.40. The van der Waals surface area contributed by atoms with Crippen LogP contribution in [0.3, 0.4) is 0 Å². The van der Waals surface area contributed by atoms with Crippen molar-refractivity contribution in [1.82, 2.24) is 4.98 Å². The van der Waals surface area contributed by atoms with Crippen LogP contribution in [0.15, 0.2) is 54.6 Å². The second kappa shape index (κ2) is 8.06. The maximum Gasteiger partial charge on any atom is 0.416 e. The molecule has 5 nitrogen and oxygen atoms in total. The van der Waals surface area contributed by atoms with Gasteiger partial charge in [-0.15, -0.1) is 0 Å². The summed E-state index contributed by atoms with van der Waals surface area (Å²) in [6.45, 7) is 0.335. The zero-order chi connectivity index (χ0) is 23.2. The van der Waals surface area contributed by atoms with Gasteiger partial charge in [-0.3, -0.25) is 9.69 Å². The molecule has 0 spiro atoms. The molecule has 5 rings (SSSR count). The summed E-state index contributed by atoms with van der Waals surface area (Å²) >= 11 is 0. The number of benzene rings is 2. The van der Waals surface area contributed by atoms with E-state index in [9.17, 15) is 22.4 Å². The van der Waals surface area contributed by atoms with Gasteiger partial charge in [0, 0.05) is 23.7 Å². The minimum absolute atomic E-state index is 0.233. The predicted molar refractivity (Wildman–Crippen MR) is 114 cm³/mol. The standard InChI is InChI=1S/C24H19F4N3O2/c25-18-13-14(24(26,27)28)7-10-20(18)33-19-4-1-3-17-16(19)11-12-31(23(17)32)22-6-2-5-21(30-22)29-15-8-9-15/h1-7,10,13,15H,8-9,11-12H2,(H,29,30). The third kappa shape index (κ3) is 4.35. The summed E-state index contributed by atoms with van der Waals surface area (Å²) in [5.74, 6) is -0.274. The van der Waals surface area contributed by atoms with E-state index in [4.69, 9.17) is 4.74 Å². The third-order valence-electron chi connectivity index (χ3n) is 5.61. The average Bonchev–Trinajstić information content (AvgIpc) is 3.59. The Morgan fingerprint density at radius 3 is 2.55 bits per heavy atom.